The van der Waals surface area contributed by atoms with Crippen LogP contribution in [0.2, 0.25) is 0 Å². The fourth-order valence-electron chi connectivity index (χ4n) is 1.19. The van der Waals surface area contributed by atoms with Crippen molar-refractivity contribution in [1.29, 1.82) is 5.26 Å². The third kappa shape index (κ3) is 2.80. The van der Waals surface area contributed by atoms with Gasteiger partial charge < -0.3 is 0 Å². The molecule has 2 rings (SSSR count). The van der Waals surface area contributed by atoms with Crippen molar-refractivity contribution in [2.45, 2.75) is 9.79 Å². The summed E-state index contributed by atoms with van der Waals surface area (Å²) in [5.74, 6) is -0.976. The van der Waals surface area contributed by atoms with Crippen LogP contribution in [0.15, 0.2) is 46.3 Å². The van der Waals surface area contributed by atoms with Crippen molar-refractivity contribution in [1.82, 2.24) is 4.98 Å². The van der Waals surface area contributed by atoms with E-state index in [0.29, 0.717) is 4.90 Å². The molecule has 0 bridgehead atoms. The van der Waals surface area contributed by atoms with E-state index in [1.165, 1.54) is 12.3 Å². The average molecular weight is 248 g/mol. The number of rotatable bonds is 2. The molecule has 0 fully saturated rings. The molecule has 0 saturated heterocycles. The van der Waals surface area contributed by atoms with Gasteiger partial charge in [-0.15, -0.1) is 0 Å². The third-order valence-corrected chi connectivity index (χ3v) is 2.98. The van der Waals surface area contributed by atoms with Crippen LogP contribution in [0.5, 0.6) is 0 Å². The molecule has 5 heteroatoms. The van der Waals surface area contributed by atoms with E-state index in [9.17, 15) is 8.78 Å². The molecule has 0 saturated carbocycles. The summed E-state index contributed by atoms with van der Waals surface area (Å²) in [4.78, 5) is 4.69. The minimum Gasteiger partial charge on any atom is -0.244 e. The highest BCUT2D eigenvalue weighted by Crippen LogP contribution is 2.29. The summed E-state index contributed by atoms with van der Waals surface area (Å²) >= 11 is 1.06. The van der Waals surface area contributed by atoms with E-state index in [-0.39, 0.29) is 10.6 Å². The zero-order valence-corrected chi connectivity index (χ0v) is 9.34. The smallest absolute Gasteiger partial charge is 0.140 e. The van der Waals surface area contributed by atoms with Crippen LogP contribution in [0.3, 0.4) is 0 Å². The molecule has 1 heterocycles. The summed E-state index contributed by atoms with van der Waals surface area (Å²) in [6.07, 6.45) is 1.45. The summed E-state index contributed by atoms with van der Waals surface area (Å²) in [6.45, 7) is 0. The molecular weight excluding hydrogens is 242 g/mol. The van der Waals surface area contributed by atoms with Gasteiger partial charge >= 0.3 is 0 Å². The SMILES string of the molecule is N#Cc1ccc(Sc2cc(F)ccc2F)cn1. The first-order chi connectivity index (χ1) is 8.19. The van der Waals surface area contributed by atoms with Crippen molar-refractivity contribution in [3.05, 3.63) is 53.9 Å². The first kappa shape index (κ1) is 11.6. The Bertz CT molecular complexity index is 576. The molecule has 2 aromatic rings. The van der Waals surface area contributed by atoms with E-state index in [0.717, 1.165) is 30.0 Å². The number of aromatic nitrogens is 1. The number of hydrogen-bond donors (Lipinski definition) is 0. The fourth-order valence-corrected chi connectivity index (χ4v) is 2.02. The number of hydrogen-bond acceptors (Lipinski definition) is 3. The van der Waals surface area contributed by atoms with Crippen molar-refractivity contribution >= 4 is 11.8 Å². The van der Waals surface area contributed by atoms with E-state index in [2.05, 4.69) is 4.98 Å². The molecule has 1 aromatic heterocycles. The van der Waals surface area contributed by atoms with Gasteiger partial charge in [-0.2, -0.15) is 5.26 Å². The normalized spacial score (nSPS) is 9.94. The molecule has 0 aliphatic heterocycles. The highest BCUT2D eigenvalue weighted by molar-refractivity contribution is 7.99. The maximum atomic E-state index is 13.3. The summed E-state index contributed by atoms with van der Waals surface area (Å²) in [7, 11) is 0. The second kappa shape index (κ2) is 4.93. The van der Waals surface area contributed by atoms with Crippen molar-refractivity contribution in [2.24, 2.45) is 0 Å². The van der Waals surface area contributed by atoms with Crippen LogP contribution in [0.4, 0.5) is 8.78 Å². The van der Waals surface area contributed by atoms with E-state index in [1.807, 2.05) is 6.07 Å². The van der Waals surface area contributed by atoms with Crippen LogP contribution in [0, 0.1) is 23.0 Å². The van der Waals surface area contributed by atoms with Gasteiger partial charge in [0.15, 0.2) is 0 Å². The zero-order valence-electron chi connectivity index (χ0n) is 8.52. The highest BCUT2D eigenvalue weighted by Gasteiger charge is 2.06. The number of nitrogens with zero attached hydrogens (tertiary/aromatic N) is 2. The fraction of sp³-hybridized carbons (Fsp3) is 0. The largest absolute Gasteiger partial charge is 0.244 e. The molecule has 0 spiro atoms. The van der Waals surface area contributed by atoms with E-state index >= 15 is 0 Å². The Balaban J connectivity index is 2.25. The van der Waals surface area contributed by atoms with Crippen LogP contribution in [-0.2, 0) is 0 Å². The predicted molar refractivity (Wildman–Crippen MR) is 59.4 cm³/mol. The Labute approximate surface area is 101 Å². The molecular formula is C12H6F2N2S. The summed E-state index contributed by atoms with van der Waals surface area (Å²) in [5.41, 5.74) is 0.286. The Morgan fingerprint density at radius 3 is 2.65 bits per heavy atom. The van der Waals surface area contributed by atoms with Gasteiger partial charge in [0.1, 0.15) is 23.4 Å². The molecule has 0 radical (unpaired) electrons. The van der Waals surface area contributed by atoms with E-state index in [4.69, 9.17) is 5.26 Å². The summed E-state index contributed by atoms with van der Waals surface area (Å²) in [6, 6.07) is 8.32. The molecule has 0 aliphatic rings. The van der Waals surface area contributed by atoms with E-state index < -0.39 is 11.6 Å². The topological polar surface area (TPSA) is 36.7 Å². The molecule has 0 amide bonds. The molecule has 0 unspecified atom stereocenters. The monoisotopic (exact) mass is 248 g/mol. The lowest BCUT2D eigenvalue weighted by Crippen LogP contribution is -1.85. The van der Waals surface area contributed by atoms with Crippen LogP contribution >= 0.6 is 11.8 Å². The van der Waals surface area contributed by atoms with Crippen LogP contribution < -0.4 is 0 Å². The minimum atomic E-state index is -0.490. The lowest BCUT2D eigenvalue weighted by atomic mass is 10.3. The van der Waals surface area contributed by atoms with Crippen LogP contribution in [0.25, 0.3) is 0 Å². The van der Waals surface area contributed by atoms with Crippen LogP contribution in [0.1, 0.15) is 5.69 Å². The summed E-state index contributed by atoms with van der Waals surface area (Å²) in [5, 5.41) is 8.57. The van der Waals surface area contributed by atoms with Gasteiger partial charge in [0, 0.05) is 11.1 Å². The van der Waals surface area contributed by atoms with Crippen molar-refractivity contribution < 1.29 is 8.78 Å². The zero-order chi connectivity index (χ0) is 12.3. The van der Waals surface area contributed by atoms with E-state index in [1.54, 1.807) is 6.07 Å². The van der Waals surface area contributed by atoms with Gasteiger partial charge in [0.05, 0.1) is 4.90 Å². The second-order valence-electron chi connectivity index (χ2n) is 3.17. The van der Waals surface area contributed by atoms with Gasteiger partial charge in [-0.3, -0.25) is 0 Å². The van der Waals surface area contributed by atoms with Crippen molar-refractivity contribution in [3.63, 3.8) is 0 Å². The van der Waals surface area contributed by atoms with Gasteiger partial charge in [-0.1, -0.05) is 11.8 Å². The predicted octanol–water partition coefficient (Wildman–Crippen LogP) is 3.38. The number of halogens is 2. The van der Waals surface area contributed by atoms with Crippen molar-refractivity contribution in [3.8, 4) is 6.07 Å². The first-order valence-corrected chi connectivity index (χ1v) is 5.50. The third-order valence-electron chi connectivity index (χ3n) is 1.97. The Hall–Kier alpha value is -1.93. The average Bonchev–Trinajstić information content (AvgIpc) is 2.35. The molecule has 0 atom stereocenters. The van der Waals surface area contributed by atoms with Crippen molar-refractivity contribution in [2.75, 3.05) is 0 Å². The number of nitriles is 1. The maximum absolute atomic E-state index is 13.3. The quantitative estimate of drug-likeness (QED) is 0.817. The lowest BCUT2D eigenvalue weighted by molar-refractivity contribution is 0.577. The standard InChI is InChI=1S/C12H6F2N2S/c13-8-1-4-11(14)12(5-8)17-10-3-2-9(6-15)16-7-10/h1-5,7H. The summed E-state index contributed by atoms with van der Waals surface area (Å²) < 4.78 is 26.3. The first-order valence-electron chi connectivity index (χ1n) is 4.68. The molecule has 84 valence electrons. The van der Waals surface area contributed by atoms with Gasteiger partial charge in [0.2, 0.25) is 0 Å². The Kier molecular flexibility index (Phi) is 3.35. The van der Waals surface area contributed by atoms with Crippen LogP contribution in [-0.4, -0.2) is 4.98 Å². The molecule has 0 aliphatic carbocycles. The van der Waals surface area contributed by atoms with Gasteiger partial charge in [0.25, 0.3) is 0 Å². The Morgan fingerprint density at radius 1 is 1.18 bits per heavy atom. The molecule has 17 heavy (non-hydrogen) atoms. The number of benzene rings is 1. The van der Waals surface area contributed by atoms with Gasteiger partial charge in [-0.25, -0.2) is 13.8 Å². The van der Waals surface area contributed by atoms with Gasteiger partial charge in [-0.05, 0) is 30.3 Å². The molecule has 1 aromatic carbocycles. The molecule has 2 nitrogen and oxygen atoms in total. The number of pyridine rings is 1. The Morgan fingerprint density at radius 2 is 2.00 bits per heavy atom. The molecule has 0 N–H and O–H groups in total. The maximum Gasteiger partial charge on any atom is 0.140 e. The second-order valence-corrected chi connectivity index (χ2v) is 4.28. The minimum absolute atomic E-state index is 0.191. The lowest BCUT2D eigenvalue weighted by Gasteiger charge is -2.02. The highest BCUT2D eigenvalue weighted by atomic mass is 32.2.